The summed E-state index contributed by atoms with van der Waals surface area (Å²) in [5.41, 5.74) is 5.97. The number of hydrogen-bond acceptors (Lipinski definition) is 4. The second-order valence-electron chi connectivity index (χ2n) is 8.56. The minimum atomic E-state index is -0.453. The van der Waals surface area contributed by atoms with Crippen LogP contribution in [0, 0.1) is 18.8 Å². The SMILES string of the molecule is Cc1ccc(O)c(/C=N\N2C(=O)[C@@H]3C4c5ccccc5C(c5ccccc54)[C@H]3C2=O)c1. The number of benzene rings is 3. The summed E-state index contributed by atoms with van der Waals surface area (Å²) in [6.07, 6.45) is 1.40. The fourth-order valence-electron chi connectivity index (χ4n) is 5.67. The molecule has 5 heteroatoms. The Morgan fingerprint density at radius 3 is 1.77 bits per heavy atom. The van der Waals surface area contributed by atoms with Gasteiger partial charge in [0, 0.05) is 17.4 Å². The van der Waals surface area contributed by atoms with E-state index in [1.807, 2.05) is 31.2 Å². The first-order valence-electron chi connectivity index (χ1n) is 10.5. The van der Waals surface area contributed by atoms with Crippen LogP contribution in [0.4, 0.5) is 0 Å². The number of aryl methyl sites for hydroxylation is 1. The summed E-state index contributed by atoms with van der Waals surface area (Å²) in [5.74, 6) is -1.67. The fraction of sp³-hybridized carbons (Fsp3) is 0.192. The van der Waals surface area contributed by atoms with E-state index in [4.69, 9.17) is 0 Å². The van der Waals surface area contributed by atoms with Crippen LogP contribution >= 0.6 is 0 Å². The predicted molar refractivity (Wildman–Crippen MR) is 116 cm³/mol. The van der Waals surface area contributed by atoms with Gasteiger partial charge in [0.1, 0.15) is 5.75 Å². The molecule has 0 saturated carbocycles. The van der Waals surface area contributed by atoms with Gasteiger partial charge in [-0.1, -0.05) is 60.2 Å². The van der Waals surface area contributed by atoms with E-state index < -0.39 is 11.8 Å². The summed E-state index contributed by atoms with van der Waals surface area (Å²) in [4.78, 5) is 26.9. The van der Waals surface area contributed by atoms with Gasteiger partial charge in [0.25, 0.3) is 11.8 Å². The minimum Gasteiger partial charge on any atom is -0.507 e. The molecule has 1 aliphatic heterocycles. The minimum absolute atomic E-state index is 0.0609. The molecule has 0 spiro atoms. The Kier molecular flexibility index (Phi) is 3.72. The zero-order valence-electron chi connectivity index (χ0n) is 16.9. The van der Waals surface area contributed by atoms with Gasteiger partial charge in [0.05, 0.1) is 18.1 Å². The molecular formula is C26H20N2O3. The number of nitrogens with zero attached hydrogens (tertiary/aromatic N) is 2. The number of carbonyl (C=O) groups is 2. The molecule has 2 bridgehead atoms. The van der Waals surface area contributed by atoms with Crippen LogP contribution in [0.25, 0.3) is 0 Å². The first kappa shape index (κ1) is 18.1. The lowest BCUT2D eigenvalue weighted by Gasteiger charge is -2.45. The van der Waals surface area contributed by atoms with Crippen LogP contribution in [0.15, 0.2) is 71.8 Å². The van der Waals surface area contributed by atoms with E-state index in [0.717, 1.165) is 32.8 Å². The third kappa shape index (κ3) is 2.40. The number of rotatable bonds is 2. The van der Waals surface area contributed by atoms with E-state index >= 15 is 0 Å². The molecule has 31 heavy (non-hydrogen) atoms. The van der Waals surface area contributed by atoms with Crippen LogP contribution in [0.2, 0.25) is 0 Å². The zero-order valence-corrected chi connectivity index (χ0v) is 16.9. The van der Waals surface area contributed by atoms with Crippen molar-refractivity contribution in [2.75, 3.05) is 0 Å². The highest BCUT2D eigenvalue weighted by Gasteiger charge is 2.61. The van der Waals surface area contributed by atoms with Crippen molar-refractivity contribution < 1.29 is 14.7 Å². The molecule has 0 unspecified atom stereocenters. The molecular weight excluding hydrogens is 388 g/mol. The third-order valence-corrected chi connectivity index (χ3v) is 6.92. The maximum absolute atomic E-state index is 13.5. The molecule has 1 N–H and O–H groups in total. The highest BCUT2D eigenvalue weighted by Crippen LogP contribution is 2.60. The van der Waals surface area contributed by atoms with E-state index in [-0.39, 0.29) is 29.4 Å². The van der Waals surface area contributed by atoms with Crippen molar-refractivity contribution in [3.63, 3.8) is 0 Å². The number of aromatic hydroxyl groups is 1. The summed E-state index contributed by atoms with van der Waals surface area (Å²) in [5, 5.41) is 15.4. The third-order valence-electron chi connectivity index (χ3n) is 6.92. The molecule has 5 nitrogen and oxygen atoms in total. The smallest absolute Gasteiger partial charge is 0.254 e. The Morgan fingerprint density at radius 2 is 1.29 bits per heavy atom. The topological polar surface area (TPSA) is 70.0 Å². The summed E-state index contributed by atoms with van der Waals surface area (Å²) in [6, 6.07) is 21.4. The lowest BCUT2D eigenvalue weighted by atomic mass is 9.55. The second kappa shape index (κ2) is 6.38. The number of phenolic OH excluding ortho intramolecular Hbond substituents is 1. The van der Waals surface area contributed by atoms with Crippen LogP contribution < -0.4 is 0 Å². The Labute approximate surface area is 179 Å². The highest BCUT2D eigenvalue weighted by atomic mass is 16.3. The number of imide groups is 1. The number of amides is 2. The van der Waals surface area contributed by atoms with Gasteiger partial charge in [-0.2, -0.15) is 10.1 Å². The van der Waals surface area contributed by atoms with Crippen molar-refractivity contribution in [3.8, 4) is 5.75 Å². The average Bonchev–Trinajstić information content (AvgIpc) is 3.05. The molecule has 1 saturated heterocycles. The van der Waals surface area contributed by atoms with Gasteiger partial charge < -0.3 is 5.11 Å². The van der Waals surface area contributed by atoms with E-state index in [0.29, 0.717) is 5.56 Å². The van der Waals surface area contributed by atoms with Crippen molar-refractivity contribution >= 4 is 18.0 Å². The average molecular weight is 408 g/mol. The van der Waals surface area contributed by atoms with Crippen LogP contribution in [-0.2, 0) is 9.59 Å². The van der Waals surface area contributed by atoms with Gasteiger partial charge in [0.2, 0.25) is 0 Å². The van der Waals surface area contributed by atoms with Gasteiger partial charge in [-0.05, 0) is 41.3 Å². The van der Waals surface area contributed by atoms with E-state index in [1.165, 1.54) is 6.21 Å². The Balaban J connectivity index is 1.46. The molecule has 1 heterocycles. The highest BCUT2D eigenvalue weighted by molar-refractivity contribution is 6.08. The van der Waals surface area contributed by atoms with Gasteiger partial charge in [0.15, 0.2) is 0 Å². The molecule has 7 rings (SSSR count). The van der Waals surface area contributed by atoms with Crippen molar-refractivity contribution in [3.05, 3.63) is 100 Å². The second-order valence-corrected chi connectivity index (χ2v) is 8.56. The number of hydrazone groups is 1. The maximum Gasteiger partial charge on any atom is 0.254 e. The Morgan fingerprint density at radius 1 is 0.806 bits per heavy atom. The largest absolute Gasteiger partial charge is 0.507 e. The lowest BCUT2D eigenvalue weighted by molar-refractivity contribution is -0.139. The fourth-order valence-corrected chi connectivity index (χ4v) is 5.67. The quantitative estimate of drug-likeness (QED) is 0.516. The molecule has 0 radical (unpaired) electrons. The number of hydrogen-bond donors (Lipinski definition) is 1. The summed E-state index contributed by atoms with van der Waals surface area (Å²) >= 11 is 0. The summed E-state index contributed by atoms with van der Waals surface area (Å²) < 4.78 is 0. The van der Waals surface area contributed by atoms with Gasteiger partial charge in [-0.3, -0.25) is 9.59 Å². The van der Waals surface area contributed by atoms with E-state index in [9.17, 15) is 14.7 Å². The molecule has 3 aliphatic carbocycles. The van der Waals surface area contributed by atoms with Crippen LogP contribution in [0.3, 0.4) is 0 Å². The van der Waals surface area contributed by atoms with Gasteiger partial charge >= 0.3 is 0 Å². The van der Waals surface area contributed by atoms with Crippen molar-refractivity contribution in [1.82, 2.24) is 5.01 Å². The summed E-state index contributed by atoms with van der Waals surface area (Å²) in [6.45, 7) is 1.91. The molecule has 2 atom stereocenters. The number of carbonyl (C=O) groups excluding carboxylic acids is 2. The molecule has 1 fully saturated rings. The van der Waals surface area contributed by atoms with Crippen molar-refractivity contribution in [1.29, 1.82) is 0 Å². The van der Waals surface area contributed by atoms with E-state index in [2.05, 4.69) is 29.4 Å². The Hall–Kier alpha value is -3.73. The molecule has 4 aliphatic rings. The lowest BCUT2D eigenvalue weighted by Crippen LogP contribution is -2.41. The molecule has 3 aromatic carbocycles. The Bertz CT molecular complexity index is 1180. The van der Waals surface area contributed by atoms with Crippen LogP contribution in [-0.4, -0.2) is 28.1 Å². The first-order valence-corrected chi connectivity index (χ1v) is 10.5. The molecule has 0 aromatic heterocycles. The monoisotopic (exact) mass is 408 g/mol. The van der Waals surface area contributed by atoms with Crippen molar-refractivity contribution in [2.45, 2.75) is 18.8 Å². The predicted octanol–water partition coefficient (Wildman–Crippen LogP) is 3.93. The maximum atomic E-state index is 13.5. The van der Waals surface area contributed by atoms with Gasteiger partial charge in [-0.25, -0.2) is 0 Å². The first-order chi connectivity index (χ1) is 15.1. The normalized spacial score (nSPS) is 25.6. The molecule has 3 aromatic rings. The van der Waals surface area contributed by atoms with E-state index in [1.54, 1.807) is 18.2 Å². The standard InChI is InChI=1S/C26H20N2O3/c1-14-10-11-20(29)15(12-14)13-27-28-25(30)23-21-16-6-2-3-7-17(16)22(24(23)26(28)31)19-9-5-4-8-18(19)21/h2-13,21-24,29H,1H3/b27-13-/t21?,22?,23-,24-/m1/s1. The molecule has 152 valence electrons. The summed E-state index contributed by atoms with van der Waals surface area (Å²) in [7, 11) is 0. The van der Waals surface area contributed by atoms with Gasteiger partial charge in [-0.15, -0.1) is 0 Å². The van der Waals surface area contributed by atoms with Crippen LogP contribution in [0.5, 0.6) is 5.75 Å². The van der Waals surface area contributed by atoms with Crippen molar-refractivity contribution in [2.24, 2.45) is 16.9 Å². The zero-order chi connectivity index (χ0) is 21.3. The number of phenols is 1. The molecule has 2 amide bonds. The van der Waals surface area contributed by atoms with Crippen LogP contribution in [0.1, 0.15) is 45.2 Å².